The third kappa shape index (κ3) is 3.82. The number of hydrogen-bond acceptors (Lipinski definition) is 4. The molecule has 2 aromatic rings. The molecule has 0 bridgehead atoms. The molecule has 1 aromatic heterocycles. The first-order chi connectivity index (χ1) is 9.91. The lowest BCUT2D eigenvalue weighted by Gasteiger charge is -2.22. The summed E-state index contributed by atoms with van der Waals surface area (Å²) in [4.78, 5) is 12.1. The van der Waals surface area contributed by atoms with Crippen LogP contribution < -0.4 is 11.1 Å². The number of nitrogens with one attached hydrogen (secondary N) is 1. The Kier molecular flexibility index (Phi) is 4.28. The average molecular weight is 288 g/mol. The van der Waals surface area contributed by atoms with Crippen molar-refractivity contribution >= 4 is 11.6 Å². The van der Waals surface area contributed by atoms with Gasteiger partial charge in [-0.3, -0.25) is 4.79 Å². The highest BCUT2D eigenvalue weighted by molar-refractivity contribution is 5.92. The Morgan fingerprint density at radius 3 is 2.86 bits per heavy atom. The number of carbonyl (C=O) groups excluding carboxylic acids is 1. The highest BCUT2D eigenvalue weighted by atomic mass is 16.5. The van der Waals surface area contributed by atoms with Gasteiger partial charge in [0.15, 0.2) is 5.69 Å². The van der Waals surface area contributed by atoms with Crippen LogP contribution >= 0.6 is 0 Å². The molecule has 0 atom stereocenters. The fourth-order valence-electron chi connectivity index (χ4n) is 1.71. The van der Waals surface area contributed by atoms with Gasteiger partial charge in [-0.05, 0) is 38.1 Å². The van der Waals surface area contributed by atoms with Gasteiger partial charge >= 0.3 is 0 Å². The van der Waals surface area contributed by atoms with E-state index in [1.54, 1.807) is 36.2 Å². The summed E-state index contributed by atoms with van der Waals surface area (Å²) in [5, 5.41) is 7.06. The van der Waals surface area contributed by atoms with Crippen molar-refractivity contribution in [3.63, 3.8) is 0 Å². The summed E-state index contributed by atoms with van der Waals surface area (Å²) in [5.41, 5.74) is 7.14. The maximum absolute atomic E-state index is 12.1. The second-order valence-corrected chi connectivity index (χ2v) is 5.39. The number of hydrogen-bond donors (Lipinski definition) is 2. The van der Waals surface area contributed by atoms with Gasteiger partial charge in [0, 0.05) is 25.5 Å². The number of amides is 1. The van der Waals surface area contributed by atoms with Crippen LogP contribution in [0.3, 0.4) is 0 Å². The maximum atomic E-state index is 12.1. The SMILES string of the molecule is COC(C)(C)CNC(=O)c1ccn(-c2cccc(N)c2)n1. The number of aromatic nitrogens is 2. The minimum absolute atomic E-state index is 0.234. The van der Waals surface area contributed by atoms with E-state index < -0.39 is 5.60 Å². The van der Waals surface area contributed by atoms with E-state index in [2.05, 4.69) is 10.4 Å². The van der Waals surface area contributed by atoms with Crippen LogP contribution in [0.5, 0.6) is 0 Å². The highest BCUT2D eigenvalue weighted by Crippen LogP contribution is 2.12. The van der Waals surface area contributed by atoms with E-state index in [0.29, 0.717) is 17.9 Å². The third-order valence-corrected chi connectivity index (χ3v) is 3.18. The zero-order valence-corrected chi connectivity index (χ0v) is 12.5. The standard InChI is InChI=1S/C15H20N4O2/c1-15(2,21-3)10-17-14(20)13-7-8-19(18-13)12-6-4-5-11(16)9-12/h4-9H,10,16H2,1-3H3,(H,17,20). The average Bonchev–Trinajstić information content (AvgIpc) is 2.95. The first kappa shape index (κ1) is 15.1. The molecule has 2 rings (SSSR count). The molecule has 1 heterocycles. The molecule has 112 valence electrons. The van der Waals surface area contributed by atoms with Gasteiger partial charge in [-0.2, -0.15) is 5.10 Å². The van der Waals surface area contributed by atoms with Crippen LogP contribution in [0.15, 0.2) is 36.5 Å². The zero-order valence-electron chi connectivity index (χ0n) is 12.5. The van der Waals surface area contributed by atoms with Crippen molar-refractivity contribution < 1.29 is 9.53 Å². The Balaban J connectivity index is 2.08. The summed E-state index contributed by atoms with van der Waals surface area (Å²) in [5.74, 6) is -0.234. The molecule has 0 aliphatic rings. The van der Waals surface area contributed by atoms with Crippen molar-refractivity contribution in [2.45, 2.75) is 19.4 Å². The fourth-order valence-corrected chi connectivity index (χ4v) is 1.71. The van der Waals surface area contributed by atoms with Crippen molar-refractivity contribution in [2.24, 2.45) is 0 Å². The van der Waals surface area contributed by atoms with E-state index in [9.17, 15) is 4.79 Å². The number of nitrogens with zero attached hydrogens (tertiary/aromatic N) is 2. The molecule has 1 amide bonds. The molecule has 0 unspecified atom stereocenters. The lowest BCUT2D eigenvalue weighted by Crippen LogP contribution is -2.39. The number of benzene rings is 1. The van der Waals surface area contributed by atoms with Crippen molar-refractivity contribution in [1.29, 1.82) is 0 Å². The summed E-state index contributed by atoms with van der Waals surface area (Å²) < 4.78 is 6.88. The molecule has 21 heavy (non-hydrogen) atoms. The molecule has 1 aromatic carbocycles. The molecule has 0 spiro atoms. The van der Waals surface area contributed by atoms with Gasteiger partial charge in [0.1, 0.15) is 0 Å². The van der Waals surface area contributed by atoms with Crippen molar-refractivity contribution in [2.75, 3.05) is 19.4 Å². The summed E-state index contributed by atoms with van der Waals surface area (Å²) in [6.07, 6.45) is 1.73. The predicted molar refractivity (Wildman–Crippen MR) is 81.4 cm³/mol. The van der Waals surface area contributed by atoms with E-state index in [4.69, 9.17) is 10.5 Å². The van der Waals surface area contributed by atoms with Gasteiger partial charge in [-0.1, -0.05) is 6.07 Å². The fraction of sp³-hybridized carbons (Fsp3) is 0.333. The molecule has 6 heteroatoms. The minimum atomic E-state index is -0.411. The van der Waals surface area contributed by atoms with Gasteiger partial charge in [-0.15, -0.1) is 0 Å². The van der Waals surface area contributed by atoms with Gasteiger partial charge in [-0.25, -0.2) is 4.68 Å². The Morgan fingerprint density at radius 2 is 2.19 bits per heavy atom. The third-order valence-electron chi connectivity index (χ3n) is 3.18. The zero-order chi connectivity index (χ0) is 15.5. The van der Waals surface area contributed by atoms with Crippen LogP contribution in [0.4, 0.5) is 5.69 Å². The molecule has 3 N–H and O–H groups in total. The molecule has 6 nitrogen and oxygen atoms in total. The number of anilines is 1. The molecule has 0 aliphatic carbocycles. The van der Waals surface area contributed by atoms with Crippen LogP contribution in [0.25, 0.3) is 5.69 Å². The quantitative estimate of drug-likeness (QED) is 0.819. The molecule has 0 saturated carbocycles. The van der Waals surface area contributed by atoms with Crippen LogP contribution in [-0.2, 0) is 4.74 Å². The van der Waals surface area contributed by atoms with Crippen molar-refractivity contribution in [1.82, 2.24) is 15.1 Å². The lowest BCUT2D eigenvalue weighted by atomic mass is 10.1. The molecule has 0 aliphatic heterocycles. The van der Waals surface area contributed by atoms with E-state index in [-0.39, 0.29) is 5.91 Å². The van der Waals surface area contributed by atoms with Gasteiger partial charge in [0.2, 0.25) is 0 Å². The van der Waals surface area contributed by atoms with Crippen molar-refractivity contribution in [3.05, 3.63) is 42.2 Å². The Labute approximate surface area is 123 Å². The lowest BCUT2D eigenvalue weighted by molar-refractivity contribution is 0.0228. The monoisotopic (exact) mass is 288 g/mol. The van der Waals surface area contributed by atoms with Gasteiger partial charge in [0.25, 0.3) is 5.91 Å². The first-order valence-corrected chi connectivity index (χ1v) is 6.66. The number of rotatable bonds is 5. The molecular weight excluding hydrogens is 268 g/mol. The second-order valence-electron chi connectivity index (χ2n) is 5.39. The number of ether oxygens (including phenoxy) is 1. The van der Waals surface area contributed by atoms with E-state index >= 15 is 0 Å². The largest absolute Gasteiger partial charge is 0.399 e. The van der Waals surface area contributed by atoms with Gasteiger partial charge < -0.3 is 15.8 Å². The Hall–Kier alpha value is -2.34. The molecule has 0 fully saturated rings. The number of carbonyl (C=O) groups is 1. The number of nitrogens with two attached hydrogens (primary N) is 1. The van der Waals surface area contributed by atoms with Crippen molar-refractivity contribution in [3.8, 4) is 5.69 Å². The smallest absolute Gasteiger partial charge is 0.271 e. The minimum Gasteiger partial charge on any atom is -0.399 e. The number of nitrogen functional groups attached to an aromatic ring is 1. The highest BCUT2D eigenvalue weighted by Gasteiger charge is 2.19. The predicted octanol–water partition coefficient (Wildman–Crippen LogP) is 1.61. The second kappa shape index (κ2) is 5.97. The maximum Gasteiger partial charge on any atom is 0.271 e. The summed E-state index contributed by atoms with van der Waals surface area (Å²) in [6, 6.07) is 8.97. The summed E-state index contributed by atoms with van der Waals surface area (Å²) in [6.45, 7) is 4.21. The van der Waals surface area contributed by atoms with Gasteiger partial charge in [0.05, 0.1) is 11.3 Å². The van der Waals surface area contributed by atoms with Crippen LogP contribution in [0.1, 0.15) is 24.3 Å². The van der Waals surface area contributed by atoms with E-state index in [0.717, 1.165) is 5.69 Å². The summed E-state index contributed by atoms with van der Waals surface area (Å²) in [7, 11) is 1.61. The van der Waals surface area contributed by atoms with Crippen LogP contribution in [0, 0.1) is 0 Å². The Bertz CT molecular complexity index is 634. The van der Waals surface area contributed by atoms with E-state index in [1.807, 2.05) is 26.0 Å². The first-order valence-electron chi connectivity index (χ1n) is 6.66. The Morgan fingerprint density at radius 1 is 1.43 bits per heavy atom. The van der Waals surface area contributed by atoms with Crippen LogP contribution in [0.2, 0.25) is 0 Å². The topological polar surface area (TPSA) is 82.2 Å². The number of methoxy groups -OCH3 is 1. The normalized spacial score (nSPS) is 11.4. The van der Waals surface area contributed by atoms with E-state index in [1.165, 1.54) is 0 Å². The molecule has 0 radical (unpaired) electrons. The molecule has 0 saturated heterocycles. The van der Waals surface area contributed by atoms with Crippen LogP contribution in [-0.4, -0.2) is 34.9 Å². The molecular formula is C15H20N4O2. The summed E-state index contributed by atoms with van der Waals surface area (Å²) >= 11 is 0.